The smallest absolute Gasteiger partial charge is 0.275 e. The van der Waals surface area contributed by atoms with Crippen molar-refractivity contribution < 1.29 is 4.79 Å². The van der Waals surface area contributed by atoms with Crippen LogP contribution in [0.4, 0.5) is 5.00 Å². The summed E-state index contributed by atoms with van der Waals surface area (Å²) in [6, 6.07) is 2.27. The van der Waals surface area contributed by atoms with E-state index in [0.29, 0.717) is 20.7 Å². The first-order chi connectivity index (χ1) is 10.6. The third-order valence-corrected chi connectivity index (χ3v) is 5.66. The fraction of sp³-hybridized carbons (Fsp3) is 0.400. The predicted octanol–water partition coefficient (Wildman–Crippen LogP) is 3.64. The number of thiophene rings is 1. The first kappa shape index (κ1) is 15.3. The Morgan fingerprint density at radius 2 is 2.23 bits per heavy atom. The molecule has 22 heavy (non-hydrogen) atoms. The zero-order valence-electron chi connectivity index (χ0n) is 12.1. The first-order valence-electron chi connectivity index (χ1n) is 7.15. The van der Waals surface area contributed by atoms with Gasteiger partial charge in [0.2, 0.25) is 0 Å². The fourth-order valence-electron chi connectivity index (χ4n) is 2.78. The van der Waals surface area contributed by atoms with E-state index in [9.17, 15) is 10.1 Å². The molecule has 114 valence electrons. The number of hydrogen-bond donors (Lipinski definition) is 1. The zero-order chi connectivity index (χ0) is 15.7. The zero-order valence-corrected chi connectivity index (χ0v) is 14.6. The molecule has 0 atom stereocenters. The molecule has 0 aliphatic heterocycles. The third-order valence-electron chi connectivity index (χ3n) is 3.87. The monoisotopic (exact) mass is 378 g/mol. The number of aromatic nitrogens is 2. The van der Waals surface area contributed by atoms with Crippen LogP contribution in [0.25, 0.3) is 0 Å². The molecule has 0 spiro atoms. The fourth-order valence-corrected chi connectivity index (χ4v) is 4.54. The Hall–Kier alpha value is -1.65. The number of halogens is 1. The molecular formula is C15H15BrN4OS. The Morgan fingerprint density at radius 1 is 1.45 bits per heavy atom. The van der Waals surface area contributed by atoms with Gasteiger partial charge in [-0.1, -0.05) is 6.42 Å². The van der Waals surface area contributed by atoms with E-state index in [2.05, 4.69) is 32.4 Å². The summed E-state index contributed by atoms with van der Waals surface area (Å²) in [5.41, 5.74) is 2.21. The standard InChI is InChI=1S/C15H15BrN4OS/c1-20-13(11(16)8-18-20)14(21)19-15-10(7-17)9-5-3-2-4-6-12(9)22-15/h8H,2-6H2,1H3,(H,19,21). The van der Waals surface area contributed by atoms with Gasteiger partial charge in [0.15, 0.2) is 0 Å². The molecule has 0 saturated carbocycles. The SMILES string of the molecule is Cn1ncc(Br)c1C(=O)Nc1sc2c(c1C#N)CCCCC2. The van der Waals surface area contributed by atoms with Crippen LogP contribution >= 0.6 is 27.3 Å². The average Bonchev–Trinajstić information content (AvgIpc) is 2.89. The number of carbonyl (C=O) groups excluding carboxylic acids is 1. The number of anilines is 1. The highest BCUT2D eigenvalue weighted by molar-refractivity contribution is 9.10. The number of aryl methyl sites for hydroxylation is 2. The van der Waals surface area contributed by atoms with Crippen molar-refractivity contribution in [2.75, 3.05) is 5.32 Å². The lowest BCUT2D eigenvalue weighted by molar-refractivity contribution is 0.101. The number of nitriles is 1. The minimum atomic E-state index is -0.250. The number of nitrogens with one attached hydrogen (secondary N) is 1. The van der Waals surface area contributed by atoms with Gasteiger partial charge < -0.3 is 5.32 Å². The van der Waals surface area contributed by atoms with Gasteiger partial charge in [0, 0.05) is 11.9 Å². The molecule has 1 N–H and O–H groups in total. The van der Waals surface area contributed by atoms with Crippen molar-refractivity contribution in [2.45, 2.75) is 32.1 Å². The minimum Gasteiger partial charge on any atom is -0.311 e. The molecule has 1 aliphatic carbocycles. The Kier molecular flexibility index (Phi) is 4.32. The number of nitrogens with zero attached hydrogens (tertiary/aromatic N) is 3. The second-order valence-corrected chi connectivity index (χ2v) is 7.26. The summed E-state index contributed by atoms with van der Waals surface area (Å²) in [6.45, 7) is 0. The molecule has 0 bridgehead atoms. The van der Waals surface area contributed by atoms with Crippen LogP contribution in [0, 0.1) is 11.3 Å². The molecule has 1 amide bonds. The maximum atomic E-state index is 12.5. The van der Waals surface area contributed by atoms with Crippen molar-refractivity contribution in [1.29, 1.82) is 5.26 Å². The number of amides is 1. The molecule has 0 fully saturated rings. The van der Waals surface area contributed by atoms with Gasteiger partial charge in [0.1, 0.15) is 16.8 Å². The highest BCUT2D eigenvalue weighted by Crippen LogP contribution is 2.37. The van der Waals surface area contributed by atoms with E-state index in [4.69, 9.17) is 0 Å². The Morgan fingerprint density at radius 3 is 2.91 bits per heavy atom. The number of hydrogen-bond acceptors (Lipinski definition) is 4. The van der Waals surface area contributed by atoms with Crippen molar-refractivity contribution in [2.24, 2.45) is 7.05 Å². The summed E-state index contributed by atoms with van der Waals surface area (Å²) in [7, 11) is 1.72. The molecule has 0 saturated heterocycles. The molecule has 2 heterocycles. The van der Waals surface area contributed by atoms with Gasteiger partial charge in [0.05, 0.1) is 16.2 Å². The molecular weight excluding hydrogens is 364 g/mol. The van der Waals surface area contributed by atoms with Crippen LogP contribution in [0.1, 0.15) is 45.8 Å². The van der Waals surface area contributed by atoms with Crippen LogP contribution in [0.2, 0.25) is 0 Å². The van der Waals surface area contributed by atoms with Crippen LogP contribution < -0.4 is 5.32 Å². The van der Waals surface area contributed by atoms with Crippen LogP contribution in [0.15, 0.2) is 10.7 Å². The average molecular weight is 379 g/mol. The van der Waals surface area contributed by atoms with E-state index < -0.39 is 0 Å². The van der Waals surface area contributed by atoms with Crippen molar-refractivity contribution in [3.05, 3.63) is 32.4 Å². The quantitative estimate of drug-likeness (QED) is 0.810. The number of rotatable bonds is 2. The molecule has 2 aromatic rings. The number of fused-ring (bicyclic) bond motifs is 1. The van der Waals surface area contributed by atoms with E-state index in [1.165, 1.54) is 27.3 Å². The Balaban J connectivity index is 1.93. The molecule has 2 aromatic heterocycles. The lowest BCUT2D eigenvalue weighted by Crippen LogP contribution is -2.16. The van der Waals surface area contributed by atoms with Gasteiger partial charge in [0.25, 0.3) is 5.91 Å². The lowest BCUT2D eigenvalue weighted by Gasteiger charge is -2.05. The van der Waals surface area contributed by atoms with E-state index in [-0.39, 0.29) is 5.91 Å². The molecule has 0 aromatic carbocycles. The van der Waals surface area contributed by atoms with E-state index in [1.807, 2.05) is 0 Å². The van der Waals surface area contributed by atoms with Gasteiger partial charge in [-0.3, -0.25) is 9.48 Å². The summed E-state index contributed by atoms with van der Waals surface area (Å²) in [6.07, 6.45) is 6.98. The minimum absolute atomic E-state index is 0.250. The lowest BCUT2D eigenvalue weighted by atomic mass is 10.1. The molecule has 0 unspecified atom stereocenters. The first-order valence-corrected chi connectivity index (χ1v) is 8.76. The summed E-state index contributed by atoms with van der Waals surface area (Å²) in [4.78, 5) is 13.7. The van der Waals surface area contributed by atoms with Gasteiger partial charge >= 0.3 is 0 Å². The van der Waals surface area contributed by atoms with Gasteiger partial charge in [-0.15, -0.1) is 11.3 Å². The predicted molar refractivity (Wildman–Crippen MR) is 89.2 cm³/mol. The Bertz CT molecular complexity index is 752. The van der Waals surface area contributed by atoms with Gasteiger partial charge in [-0.25, -0.2) is 0 Å². The van der Waals surface area contributed by atoms with Crippen molar-refractivity contribution in [1.82, 2.24) is 9.78 Å². The maximum Gasteiger partial charge on any atom is 0.275 e. The van der Waals surface area contributed by atoms with E-state index in [1.54, 1.807) is 13.2 Å². The Labute approximate surface area is 141 Å². The van der Waals surface area contributed by atoms with Gasteiger partial charge in [-0.05, 0) is 47.2 Å². The largest absolute Gasteiger partial charge is 0.311 e. The maximum absolute atomic E-state index is 12.5. The highest BCUT2D eigenvalue weighted by atomic mass is 79.9. The van der Waals surface area contributed by atoms with E-state index in [0.717, 1.165) is 31.2 Å². The topological polar surface area (TPSA) is 70.7 Å². The van der Waals surface area contributed by atoms with Crippen molar-refractivity contribution in [3.8, 4) is 6.07 Å². The molecule has 5 nitrogen and oxygen atoms in total. The normalized spacial score (nSPS) is 14.0. The van der Waals surface area contributed by atoms with E-state index >= 15 is 0 Å². The molecule has 3 rings (SSSR count). The van der Waals surface area contributed by atoms with Crippen molar-refractivity contribution >= 4 is 38.2 Å². The van der Waals surface area contributed by atoms with Crippen LogP contribution in [0.5, 0.6) is 0 Å². The highest BCUT2D eigenvalue weighted by Gasteiger charge is 2.23. The molecule has 1 aliphatic rings. The summed E-state index contributed by atoms with van der Waals surface area (Å²) >= 11 is 4.87. The molecule has 7 heteroatoms. The third kappa shape index (κ3) is 2.69. The van der Waals surface area contributed by atoms with Gasteiger partial charge in [-0.2, -0.15) is 10.4 Å². The summed E-state index contributed by atoms with van der Waals surface area (Å²) in [5.74, 6) is -0.250. The van der Waals surface area contributed by atoms with Crippen LogP contribution in [-0.4, -0.2) is 15.7 Å². The second kappa shape index (κ2) is 6.23. The summed E-state index contributed by atoms with van der Waals surface area (Å²) in [5, 5.41) is 17.1. The van der Waals surface area contributed by atoms with Crippen LogP contribution in [0.3, 0.4) is 0 Å². The molecule has 0 radical (unpaired) electrons. The second-order valence-electron chi connectivity index (χ2n) is 5.30. The number of carbonyl (C=O) groups is 1. The summed E-state index contributed by atoms with van der Waals surface area (Å²) < 4.78 is 2.16. The van der Waals surface area contributed by atoms with Crippen LogP contribution in [-0.2, 0) is 19.9 Å². The van der Waals surface area contributed by atoms with Crippen molar-refractivity contribution in [3.63, 3.8) is 0 Å².